The molecule has 0 aromatic heterocycles. The number of methoxy groups -OCH3 is 1. The van der Waals surface area contributed by atoms with E-state index in [4.69, 9.17) is 4.74 Å². The Labute approximate surface area is 205 Å². The van der Waals surface area contributed by atoms with Gasteiger partial charge in [-0.25, -0.2) is 4.39 Å². The van der Waals surface area contributed by atoms with Gasteiger partial charge in [-0.2, -0.15) is 0 Å². The van der Waals surface area contributed by atoms with Gasteiger partial charge in [0.05, 0.1) is 6.67 Å². The first-order valence-corrected chi connectivity index (χ1v) is 13.6. The van der Waals surface area contributed by atoms with Gasteiger partial charge in [0.25, 0.3) is 0 Å². The molecule has 0 bridgehead atoms. The molecule has 186 valence electrons. The predicted molar refractivity (Wildman–Crippen MR) is 138 cm³/mol. The summed E-state index contributed by atoms with van der Waals surface area (Å²) in [5.41, 5.74) is 4.22. The topological polar surface area (TPSA) is 9.23 Å². The molecule has 0 N–H and O–H groups in total. The molecule has 0 amide bonds. The minimum Gasteiger partial charge on any atom is -0.384 e. The van der Waals surface area contributed by atoms with Crippen LogP contribution in [0.1, 0.15) is 100 Å². The van der Waals surface area contributed by atoms with Crippen LogP contribution in [0.4, 0.5) is 8.78 Å². The van der Waals surface area contributed by atoms with Gasteiger partial charge < -0.3 is 4.74 Å². The zero-order valence-electron chi connectivity index (χ0n) is 20.9. The maximum Gasteiger partial charge on any atom is 0.131 e. The summed E-state index contributed by atoms with van der Waals surface area (Å²) >= 11 is 0. The molecule has 2 aromatic carbocycles. The number of unbranched alkanes of at least 4 members (excludes halogenated alkanes) is 2. The molecule has 0 atom stereocenters. The number of alkyl halides is 1. The number of rotatable bonds is 10. The van der Waals surface area contributed by atoms with Crippen molar-refractivity contribution in [1.29, 1.82) is 0 Å². The average Bonchev–Trinajstić information content (AvgIpc) is 2.88. The molecule has 3 heteroatoms. The van der Waals surface area contributed by atoms with Crippen molar-refractivity contribution in [3.63, 3.8) is 0 Å². The van der Waals surface area contributed by atoms with Crippen LogP contribution in [-0.4, -0.2) is 20.4 Å². The van der Waals surface area contributed by atoms with E-state index in [1.165, 1.54) is 50.5 Å². The molecule has 34 heavy (non-hydrogen) atoms. The normalized spacial score (nSPS) is 25.4. The van der Waals surface area contributed by atoms with Gasteiger partial charge in [-0.05, 0) is 104 Å². The highest BCUT2D eigenvalue weighted by Crippen LogP contribution is 2.40. The van der Waals surface area contributed by atoms with E-state index in [-0.39, 0.29) is 12.5 Å². The lowest BCUT2D eigenvalue weighted by atomic mass is 9.77. The zero-order chi connectivity index (χ0) is 23.8. The van der Waals surface area contributed by atoms with E-state index in [0.29, 0.717) is 29.7 Å². The quantitative estimate of drug-likeness (QED) is 0.316. The fourth-order valence-corrected chi connectivity index (χ4v) is 6.34. The Morgan fingerprint density at radius 2 is 1.35 bits per heavy atom. The third-order valence-electron chi connectivity index (χ3n) is 8.50. The van der Waals surface area contributed by atoms with Crippen LogP contribution >= 0.6 is 0 Å². The van der Waals surface area contributed by atoms with Crippen LogP contribution in [0.3, 0.4) is 0 Å². The molecule has 1 nitrogen and oxygen atoms in total. The Morgan fingerprint density at radius 1 is 0.735 bits per heavy atom. The van der Waals surface area contributed by atoms with Crippen LogP contribution < -0.4 is 0 Å². The Morgan fingerprint density at radius 3 is 1.97 bits per heavy atom. The van der Waals surface area contributed by atoms with Gasteiger partial charge in [0, 0.05) is 19.3 Å². The van der Waals surface area contributed by atoms with E-state index in [1.807, 2.05) is 6.07 Å². The zero-order valence-corrected chi connectivity index (χ0v) is 20.9. The van der Waals surface area contributed by atoms with Gasteiger partial charge in [-0.15, -0.1) is 0 Å². The molecule has 0 spiro atoms. The SMILES string of the molecule is COC[C@H]1CC[C@H](c2ccc(-c3ccc([C@H]4CC[C@H](CCCCCF)CC4)cc3F)cc2)CC1. The minimum atomic E-state index is -0.186. The Balaban J connectivity index is 1.31. The summed E-state index contributed by atoms with van der Waals surface area (Å²) in [5, 5.41) is 0. The van der Waals surface area contributed by atoms with Gasteiger partial charge in [-0.1, -0.05) is 55.7 Å². The van der Waals surface area contributed by atoms with Crippen LogP contribution in [0, 0.1) is 17.7 Å². The van der Waals surface area contributed by atoms with Crippen LogP contribution in [0.5, 0.6) is 0 Å². The van der Waals surface area contributed by atoms with Gasteiger partial charge in [-0.3, -0.25) is 4.39 Å². The molecule has 2 fully saturated rings. The van der Waals surface area contributed by atoms with E-state index < -0.39 is 0 Å². The van der Waals surface area contributed by atoms with E-state index in [0.717, 1.165) is 49.3 Å². The Kier molecular flexibility index (Phi) is 9.56. The van der Waals surface area contributed by atoms with Crippen LogP contribution in [-0.2, 0) is 4.74 Å². The Hall–Kier alpha value is -1.74. The molecule has 0 heterocycles. The van der Waals surface area contributed by atoms with Crippen molar-refractivity contribution >= 4 is 0 Å². The summed E-state index contributed by atoms with van der Waals surface area (Å²) < 4.78 is 32.7. The summed E-state index contributed by atoms with van der Waals surface area (Å²) in [6.07, 6.45) is 13.7. The number of benzene rings is 2. The highest BCUT2D eigenvalue weighted by Gasteiger charge is 2.24. The van der Waals surface area contributed by atoms with Crippen molar-refractivity contribution in [3.05, 3.63) is 59.4 Å². The second-order valence-corrected chi connectivity index (χ2v) is 10.8. The maximum atomic E-state index is 15.1. The molecule has 2 saturated carbocycles. The van der Waals surface area contributed by atoms with Crippen molar-refractivity contribution in [2.45, 2.75) is 88.9 Å². The van der Waals surface area contributed by atoms with Crippen molar-refractivity contribution in [1.82, 2.24) is 0 Å². The van der Waals surface area contributed by atoms with Crippen molar-refractivity contribution < 1.29 is 13.5 Å². The monoisotopic (exact) mass is 468 g/mol. The molecule has 2 aliphatic carbocycles. The standard InChI is InChI=1S/C31H42F2O/c1-34-22-24-8-12-25(13-9-24)26-14-16-28(17-15-26)30-19-18-29(21-31(30)33)27-10-6-23(7-11-27)5-3-2-4-20-32/h14-19,21,23-25,27H,2-13,20,22H2,1H3/t23-,24-,25-,27-. The van der Waals surface area contributed by atoms with Crippen LogP contribution in [0.2, 0.25) is 0 Å². The number of ether oxygens (including phenoxy) is 1. The molecular weight excluding hydrogens is 426 g/mol. The first kappa shape index (κ1) is 25.4. The fraction of sp³-hybridized carbons (Fsp3) is 0.613. The summed E-state index contributed by atoms with van der Waals surface area (Å²) in [6.45, 7) is 0.693. The first-order valence-electron chi connectivity index (χ1n) is 13.6. The predicted octanol–water partition coefficient (Wildman–Crippen LogP) is 9.22. The van der Waals surface area contributed by atoms with Gasteiger partial charge in [0.1, 0.15) is 5.82 Å². The van der Waals surface area contributed by atoms with Crippen molar-refractivity contribution in [3.8, 4) is 11.1 Å². The molecule has 0 aliphatic heterocycles. The van der Waals surface area contributed by atoms with Gasteiger partial charge in [0.15, 0.2) is 0 Å². The fourth-order valence-electron chi connectivity index (χ4n) is 6.34. The minimum absolute atomic E-state index is 0.0985. The lowest BCUT2D eigenvalue weighted by Crippen LogP contribution is -2.17. The van der Waals surface area contributed by atoms with E-state index >= 15 is 4.39 Å². The van der Waals surface area contributed by atoms with Gasteiger partial charge in [0.2, 0.25) is 0 Å². The largest absolute Gasteiger partial charge is 0.384 e. The second kappa shape index (κ2) is 12.8. The molecule has 0 radical (unpaired) electrons. The average molecular weight is 469 g/mol. The smallest absolute Gasteiger partial charge is 0.131 e. The third kappa shape index (κ3) is 6.68. The molecule has 0 saturated heterocycles. The highest BCUT2D eigenvalue weighted by atomic mass is 19.1. The lowest BCUT2D eigenvalue weighted by Gasteiger charge is -2.29. The number of halogens is 2. The van der Waals surface area contributed by atoms with Crippen LogP contribution in [0.15, 0.2) is 42.5 Å². The summed E-state index contributed by atoms with van der Waals surface area (Å²) in [6, 6.07) is 14.5. The molecule has 0 unspecified atom stereocenters. The Bertz CT molecular complexity index is 862. The summed E-state index contributed by atoms with van der Waals surface area (Å²) in [5.74, 6) is 2.47. The number of hydrogen-bond acceptors (Lipinski definition) is 1. The molecular formula is C31H42F2O. The first-order chi connectivity index (χ1) is 16.7. The van der Waals surface area contributed by atoms with Crippen molar-refractivity contribution in [2.75, 3.05) is 20.4 Å². The number of hydrogen-bond donors (Lipinski definition) is 0. The molecule has 2 aromatic rings. The second-order valence-electron chi connectivity index (χ2n) is 10.8. The van der Waals surface area contributed by atoms with Crippen molar-refractivity contribution in [2.24, 2.45) is 11.8 Å². The third-order valence-corrected chi connectivity index (χ3v) is 8.50. The van der Waals surface area contributed by atoms with E-state index in [1.54, 1.807) is 13.2 Å². The highest BCUT2D eigenvalue weighted by molar-refractivity contribution is 5.65. The van der Waals surface area contributed by atoms with E-state index in [9.17, 15) is 4.39 Å². The molecule has 4 rings (SSSR count). The summed E-state index contributed by atoms with van der Waals surface area (Å²) in [7, 11) is 1.79. The maximum absolute atomic E-state index is 15.1. The summed E-state index contributed by atoms with van der Waals surface area (Å²) in [4.78, 5) is 0. The lowest BCUT2D eigenvalue weighted by molar-refractivity contribution is 0.127. The van der Waals surface area contributed by atoms with Gasteiger partial charge >= 0.3 is 0 Å². The van der Waals surface area contributed by atoms with Crippen LogP contribution in [0.25, 0.3) is 11.1 Å². The van der Waals surface area contributed by atoms with E-state index in [2.05, 4.69) is 30.3 Å². The molecule has 2 aliphatic rings.